The Balaban J connectivity index is 1.00. The van der Waals surface area contributed by atoms with E-state index in [0.29, 0.717) is 38.5 Å². The molecule has 8 aliphatic heterocycles. The van der Waals surface area contributed by atoms with Crippen molar-refractivity contribution in [2.24, 2.45) is 23.7 Å². The van der Waals surface area contributed by atoms with Gasteiger partial charge in [0.15, 0.2) is 11.6 Å². The van der Waals surface area contributed by atoms with E-state index in [-0.39, 0.29) is 55.2 Å². The summed E-state index contributed by atoms with van der Waals surface area (Å²) in [4.78, 5) is 28.0. The lowest BCUT2D eigenvalue weighted by Crippen LogP contribution is -2.59. The van der Waals surface area contributed by atoms with Crippen LogP contribution in [0.5, 0.6) is 0 Å². The summed E-state index contributed by atoms with van der Waals surface area (Å²) in [5.74, 6) is -4.17. The minimum Gasteiger partial charge on any atom is -0.459 e. The highest BCUT2D eigenvalue weighted by molar-refractivity contribution is 5.86. The van der Waals surface area contributed by atoms with Crippen molar-refractivity contribution >= 4 is 11.8 Å². The Hall–Kier alpha value is -1.78. The summed E-state index contributed by atoms with van der Waals surface area (Å²) in [6.07, 6.45) is 9.31. The highest BCUT2D eigenvalue weighted by Crippen LogP contribution is 2.56. The number of esters is 1. The smallest absolute Gasteiger partial charge is 0.311 e. The third kappa shape index (κ3) is 8.15. The van der Waals surface area contributed by atoms with Crippen molar-refractivity contribution in [3.8, 4) is 0 Å². The Kier molecular flexibility index (Phi) is 11.6. The predicted molar refractivity (Wildman–Crippen MR) is 221 cm³/mol. The summed E-state index contributed by atoms with van der Waals surface area (Å²) in [5, 5.41) is 34.9. The van der Waals surface area contributed by atoms with Crippen LogP contribution < -0.4 is 0 Å². The van der Waals surface area contributed by atoms with Crippen LogP contribution in [0.25, 0.3) is 0 Å². The van der Waals surface area contributed by atoms with Crippen molar-refractivity contribution < 1.29 is 62.8 Å². The maximum Gasteiger partial charge on any atom is 0.311 e. The van der Waals surface area contributed by atoms with Gasteiger partial charge in [0.05, 0.1) is 53.2 Å². The molecular weight excluding hydrogens is 785 g/mol. The number of Topliss-reactive ketones (excluding diaryl/α,β-unsaturated/α-hetero) is 1. The van der Waals surface area contributed by atoms with E-state index in [0.717, 1.165) is 50.5 Å². The van der Waals surface area contributed by atoms with Gasteiger partial charge in [-0.2, -0.15) is 0 Å². The fraction of sp³-hybridized carbons (Fsp3) is 0.875. The second-order valence-electron chi connectivity index (χ2n) is 21.8. The molecule has 342 valence electrons. The first-order chi connectivity index (χ1) is 28.7. The molecule has 0 amide bonds. The fourth-order valence-electron chi connectivity index (χ4n) is 13.2. The number of ketones is 1. The van der Waals surface area contributed by atoms with E-state index in [2.05, 4.69) is 26.8 Å². The number of fused-ring (bicyclic) bond motifs is 10. The molecular formula is C48H72O13. The zero-order valence-electron chi connectivity index (χ0n) is 37.5. The first-order valence-corrected chi connectivity index (χ1v) is 23.6. The summed E-state index contributed by atoms with van der Waals surface area (Å²) >= 11 is 0. The minimum absolute atomic E-state index is 0.0485. The molecule has 0 aromatic heterocycles. The van der Waals surface area contributed by atoms with Crippen LogP contribution in [-0.2, 0) is 47.5 Å². The topological polar surface area (TPSA) is 169 Å². The summed E-state index contributed by atoms with van der Waals surface area (Å²) in [6.45, 7) is 14.4. The molecule has 0 aromatic carbocycles. The Bertz CT molecular complexity index is 1750. The van der Waals surface area contributed by atoms with Crippen LogP contribution in [0, 0.1) is 23.7 Å². The third-order valence-corrected chi connectivity index (χ3v) is 16.5. The molecule has 2 spiro atoms. The summed E-state index contributed by atoms with van der Waals surface area (Å²) in [5.41, 5.74) is -1.50. The number of allylic oxidation sites excluding steroid dienone is 3. The van der Waals surface area contributed by atoms with Gasteiger partial charge in [-0.3, -0.25) is 9.59 Å². The van der Waals surface area contributed by atoms with Crippen molar-refractivity contribution in [3.63, 3.8) is 0 Å². The van der Waals surface area contributed by atoms with E-state index in [1.807, 2.05) is 39.8 Å². The first-order valence-electron chi connectivity index (χ1n) is 23.6. The van der Waals surface area contributed by atoms with Crippen LogP contribution in [-0.4, -0.2) is 123 Å². The molecule has 8 fully saturated rings. The SMILES string of the molecule is CC1=C/[C@H](C)C[C@@]2(C)CC[C@@H](O2)[C@@]23CC[C@@](C)(C[C@@H](O2)[C@H]2O[C@](C)(CC2=O)[C@@H](O)[C@@H]2CC[C@@]4(CCC[C@H](O4)[C@@H](C)C(=O)O[C@@H]4C[C@@H]([C@@]5(O)OCC[C@@H](C)[C@H]5O)O[C@@H]4/C=C\1)C2)O3. The molecule has 13 nitrogen and oxygen atoms in total. The fourth-order valence-corrected chi connectivity index (χ4v) is 13.2. The number of ether oxygens (including phenoxy) is 8. The maximum absolute atomic E-state index is 14.1. The quantitative estimate of drug-likeness (QED) is 0.266. The van der Waals surface area contributed by atoms with E-state index in [9.17, 15) is 24.9 Å². The Morgan fingerprint density at radius 3 is 2.38 bits per heavy atom. The number of aliphatic hydroxyl groups excluding tert-OH is 2. The highest BCUT2D eigenvalue weighted by Gasteiger charge is 2.64. The van der Waals surface area contributed by atoms with Gasteiger partial charge in [0.1, 0.15) is 36.6 Å². The zero-order chi connectivity index (χ0) is 43.3. The normalized spacial score (nSPS) is 55.7. The average molecular weight is 857 g/mol. The predicted octanol–water partition coefficient (Wildman–Crippen LogP) is 5.92. The Morgan fingerprint density at radius 1 is 0.770 bits per heavy atom. The molecule has 3 N–H and O–H groups in total. The Morgan fingerprint density at radius 2 is 1.57 bits per heavy atom. The second kappa shape index (κ2) is 16.0. The van der Waals surface area contributed by atoms with E-state index >= 15 is 0 Å². The van der Waals surface area contributed by atoms with Crippen LogP contribution in [0.3, 0.4) is 0 Å². The molecule has 1 aliphatic carbocycles. The number of aliphatic hydroxyl groups is 3. The lowest BCUT2D eigenvalue weighted by molar-refractivity contribution is -0.359. The van der Waals surface area contributed by atoms with E-state index in [4.69, 9.17) is 37.9 Å². The van der Waals surface area contributed by atoms with Crippen LogP contribution in [0.15, 0.2) is 23.8 Å². The molecule has 19 atom stereocenters. The molecule has 1 saturated carbocycles. The summed E-state index contributed by atoms with van der Waals surface area (Å²) < 4.78 is 52.8. The lowest BCUT2D eigenvalue weighted by atomic mass is 9.82. The summed E-state index contributed by atoms with van der Waals surface area (Å²) in [6, 6.07) is 0. The maximum atomic E-state index is 14.1. The zero-order valence-corrected chi connectivity index (χ0v) is 37.5. The minimum atomic E-state index is -1.94. The van der Waals surface area contributed by atoms with Gasteiger partial charge in [-0.1, -0.05) is 37.6 Å². The number of carbonyl (C=O) groups is 2. The first kappa shape index (κ1) is 44.4. The van der Waals surface area contributed by atoms with Gasteiger partial charge >= 0.3 is 5.97 Å². The molecule has 9 aliphatic rings. The second-order valence-corrected chi connectivity index (χ2v) is 21.8. The number of hydrogen-bond acceptors (Lipinski definition) is 13. The number of carbonyl (C=O) groups excluding carboxylic acids is 2. The van der Waals surface area contributed by atoms with Crippen molar-refractivity contribution in [2.75, 3.05) is 6.61 Å². The van der Waals surface area contributed by atoms with Gasteiger partial charge in [0, 0.05) is 25.7 Å². The monoisotopic (exact) mass is 856 g/mol. The van der Waals surface area contributed by atoms with Crippen LogP contribution >= 0.6 is 0 Å². The van der Waals surface area contributed by atoms with E-state index in [1.54, 1.807) is 0 Å². The molecule has 0 aromatic rings. The molecule has 8 heterocycles. The van der Waals surface area contributed by atoms with Crippen molar-refractivity contribution in [1.82, 2.24) is 0 Å². The molecule has 7 saturated heterocycles. The van der Waals surface area contributed by atoms with Gasteiger partial charge in [-0.05, 0) is 123 Å². The molecule has 61 heavy (non-hydrogen) atoms. The van der Waals surface area contributed by atoms with E-state index < -0.39 is 88.6 Å². The molecule has 0 unspecified atom stereocenters. The van der Waals surface area contributed by atoms with Crippen LogP contribution in [0.1, 0.15) is 145 Å². The van der Waals surface area contributed by atoms with Gasteiger partial charge < -0.3 is 53.2 Å². The van der Waals surface area contributed by atoms with Crippen LogP contribution in [0.4, 0.5) is 0 Å². The van der Waals surface area contributed by atoms with Crippen molar-refractivity contribution in [1.29, 1.82) is 0 Å². The molecule has 0 radical (unpaired) electrons. The van der Waals surface area contributed by atoms with Gasteiger partial charge in [0.2, 0.25) is 5.79 Å². The average Bonchev–Trinajstić information content (AvgIpc) is 4.02. The van der Waals surface area contributed by atoms with Crippen molar-refractivity contribution in [2.45, 2.75) is 234 Å². The largest absolute Gasteiger partial charge is 0.459 e. The molecule has 13 heteroatoms. The molecule has 9 rings (SSSR count). The number of hydrogen-bond donors (Lipinski definition) is 3. The number of rotatable bonds is 1. The van der Waals surface area contributed by atoms with Gasteiger partial charge in [0.25, 0.3) is 0 Å². The highest BCUT2D eigenvalue weighted by atomic mass is 16.8. The molecule has 10 bridgehead atoms. The van der Waals surface area contributed by atoms with Gasteiger partial charge in [-0.15, -0.1) is 0 Å². The van der Waals surface area contributed by atoms with Crippen LogP contribution in [0.2, 0.25) is 0 Å². The van der Waals surface area contributed by atoms with E-state index in [1.165, 1.54) is 0 Å². The standard InChI is InChI=1S/C48H72O13/c1-27-10-11-34-35(22-38(55-34)48(53)40(50)29(3)14-20-54-48)56-42(52)30(4)33-9-8-15-46(57-33)17-12-31(24-46)41(51)45(7)25-32(49)39(60-45)36-26-44(6)18-19-47(58-36,61-44)37-13-16-43(5,59-37)23-28(2)21-27/h10-11,21,28-31,33-41,50-51,53H,8-9,12-20,22-26H2,1-7H3/b11-10-,27-21-/t28-,29+,30+,31+,33-,34+,35+,36+,37+,38-,39-,40+,41-,43+,44-,45+,46-,47-,48+/m0/s1. The van der Waals surface area contributed by atoms with Crippen molar-refractivity contribution in [3.05, 3.63) is 23.8 Å². The third-order valence-electron chi connectivity index (χ3n) is 16.5. The lowest BCUT2D eigenvalue weighted by Gasteiger charge is -2.47. The Labute approximate surface area is 361 Å². The van der Waals surface area contributed by atoms with Gasteiger partial charge in [-0.25, -0.2) is 0 Å². The summed E-state index contributed by atoms with van der Waals surface area (Å²) in [7, 11) is 0.